The molecule has 7 nitrogen and oxygen atoms in total. The van der Waals surface area contributed by atoms with Crippen molar-refractivity contribution < 1.29 is 14.7 Å². The SMILES string of the molecule is O=C(O)CCCNC(=O)NCCCN1CCN(c2cccc(Cl)c2)CC1. The average molecular weight is 383 g/mol. The Morgan fingerprint density at radius 2 is 1.77 bits per heavy atom. The lowest BCUT2D eigenvalue weighted by molar-refractivity contribution is -0.137. The third-order valence-electron chi connectivity index (χ3n) is 4.34. The Bertz CT molecular complexity index is 592. The summed E-state index contributed by atoms with van der Waals surface area (Å²) in [5.74, 6) is -0.845. The van der Waals surface area contributed by atoms with Crippen LogP contribution in [0.4, 0.5) is 10.5 Å². The molecule has 1 heterocycles. The van der Waals surface area contributed by atoms with Gasteiger partial charge in [-0.05, 0) is 37.6 Å². The van der Waals surface area contributed by atoms with E-state index in [0.29, 0.717) is 19.5 Å². The number of nitrogens with one attached hydrogen (secondary N) is 2. The lowest BCUT2D eigenvalue weighted by Crippen LogP contribution is -2.47. The van der Waals surface area contributed by atoms with Crippen molar-refractivity contribution in [2.75, 3.05) is 50.7 Å². The van der Waals surface area contributed by atoms with E-state index in [1.807, 2.05) is 18.2 Å². The first kappa shape index (κ1) is 20.3. The Morgan fingerprint density at radius 1 is 1.08 bits per heavy atom. The van der Waals surface area contributed by atoms with E-state index in [1.165, 1.54) is 5.69 Å². The zero-order chi connectivity index (χ0) is 18.8. The molecule has 0 spiro atoms. The predicted molar refractivity (Wildman–Crippen MR) is 103 cm³/mol. The number of carboxylic acid groups (broad SMARTS) is 1. The number of benzene rings is 1. The van der Waals surface area contributed by atoms with Gasteiger partial charge in [0.1, 0.15) is 0 Å². The van der Waals surface area contributed by atoms with Gasteiger partial charge in [-0.3, -0.25) is 9.69 Å². The van der Waals surface area contributed by atoms with Gasteiger partial charge in [-0.25, -0.2) is 4.79 Å². The first-order valence-electron chi connectivity index (χ1n) is 9.01. The summed E-state index contributed by atoms with van der Waals surface area (Å²) in [6, 6.07) is 7.71. The fourth-order valence-electron chi connectivity index (χ4n) is 2.91. The molecule has 2 amide bonds. The fraction of sp³-hybridized carbons (Fsp3) is 0.556. The minimum absolute atomic E-state index is 0.0709. The number of carbonyl (C=O) groups is 2. The molecule has 0 radical (unpaired) electrons. The molecule has 26 heavy (non-hydrogen) atoms. The molecule has 144 valence electrons. The molecule has 0 atom stereocenters. The maximum absolute atomic E-state index is 11.6. The van der Waals surface area contributed by atoms with Crippen molar-refractivity contribution in [2.24, 2.45) is 0 Å². The summed E-state index contributed by atoms with van der Waals surface area (Å²) < 4.78 is 0. The maximum atomic E-state index is 11.6. The van der Waals surface area contributed by atoms with E-state index in [0.717, 1.165) is 44.2 Å². The zero-order valence-electron chi connectivity index (χ0n) is 14.9. The summed E-state index contributed by atoms with van der Waals surface area (Å²) in [4.78, 5) is 26.7. The standard InChI is InChI=1S/C18H27ClN4O3/c19-15-4-1-5-16(14-15)23-12-10-22(11-13-23)9-3-8-21-18(26)20-7-2-6-17(24)25/h1,4-5,14H,2-3,6-13H2,(H,24,25)(H2,20,21,26). The first-order valence-corrected chi connectivity index (χ1v) is 9.39. The highest BCUT2D eigenvalue weighted by Gasteiger charge is 2.16. The van der Waals surface area contributed by atoms with E-state index in [2.05, 4.69) is 26.5 Å². The second-order valence-corrected chi connectivity index (χ2v) is 6.78. The summed E-state index contributed by atoms with van der Waals surface area (Å²) in [6.07, 6.45) is 1.40. The van der Waals surface area contributed by atoms with Crippen LogP contribution in [0.3, 0.4) is 0 Å². The van der Waals surface area contributed by atoms with Crippen LogP contribution in [-0.2, 0) is 4.79 Å². The van der Waals surface area contributed by atoms with Gasteiger partial charge in [-0.2, -0.15) is 0 Å². The van der Waals surface area contributed by atoms with Gasteiger partial charge in [0.2, 0.25) is 0 Å². The molecule has 0 aliphatic carbocycles. The number of piperazine rings is 1. The van der Waals surface area contributed by atoms with Crippen molar-refractivity contribution in [3.63, 3.8) is 0 Å². The lowest BCUT2D eigenvalue weighted by atomic mass is 10.2. The molecular weight excluding hydrogens is 356 g/mol. The van der Waals surface area contributed by atoms with Crippen LogP contribution in [-0.4, -0.2) is 67.8 Å². The van der Waals surface area contributed by atoms with Crippen LogP contribution in [0.25, 0.3) is 0 Å². The molecular formula is C18H27ClN4O3. The molecule has 8 heteroatoms. The van der Waals surface area contributed by atoms with E-state index < -0.39 is 5.97 Å². The van der Waals surface area contributed by atoms with Crippen molar-refractivity contribution in [2.45, 2.75) is 19.3 Å². The van der Waals surface area contributed by atoms with E-state index in [4.69, 9.17) is 16.7 Å². The van der Waals surface area contributed by atoms with Crippen LogP contribution >= 0.6 is 11.6 Å². The van der Waals surface area contributed by atoms with Gasteiger partial charge in [0.15, 0.2) is 0 Å². The quantitative estimate of drug-likeness (QED) is 0.569. The maximum Gasteiger partial charge on any atom is 0.314 e. The van der Waals surface area contributed by atoms with Gasteiger partial charge in [0.25, 0.3) is 0 Å². The van der Waals surface area contributed by atoms with Crippen molar-refractivity contribution in [3.8, 4) is 0 Å². The van der Waals surface area contributed by atoms with E-state index >= 15 is 0 Å². The number of halogens is 1. The summed E-state index contributed by atoms with van der Waals surface area (Å²) in [5.41, 5.74) is 1.17. The molecule has 3 N–H and O–H groups in total. The molecule has 2 rings (SSSR count). The van der Waals surface area contributed by atoms with Crippen molar-refractivity contribution in [3.05, 3.63) is 29.3 Å². The molecule has 1 aliphatic rings. The third kappa shape index (κ3) is 7.49. The second kappa shape index (κ2) is 10.9. The number of hydrogen-bond acceptors (Lipinski definition) is 4. The monoisotopic (exact) mass is 382 g/mol. The molecule has 1 aromatic rings. The highest BCUT2D eigenvalue weighted by Crippen LogP contribution is 2.20. The molecule has 1 fully saturated rings. The summed E-state index contributed by atoms with van der Waals surface area (Å²) in [7, 11) is 0. The number of urea groups is 1. The zero-order valence-corrected chi connectivity index (χ0v) is 15.7. The summed E-state index contributed by atoms with van der Waals surface area (Å²) in [5, 5.41) is 14.8. The summed E-state index contributed by atoms with van der Waals surface area (Å²) >= 11 is 6.05. The molecule has 1 aromatic carbocycles. The molecule has 0 bridgehead atoms. The van der Waals surface area contributed by atoms with Gasteiger partial charge in [0.05, 0.1) is 0 Å². The second-order valence-electron chi connectivity index (χ2n) is 6.34. The Hall–Kier alpha value is -1.99. The average Bonchev–Trinajstić information content (AvgIpc) is 2.63. The van der Waals surface area contributed by atoms with Gasteiger partial charge < -0.3 is 20.6 Å². The highest BCUT2D eigenvalue weighted by molar-refractivity contribution is 6.30. The highest BCUT2D eigenvalue weighted by atomic mass is 35.5. The van der Waals surface area contributed by atoms with Crippen LogP contribution in [0.1, 0.15) is 19.3 Å². The van der Waals surface area contributed by atoms with E-state index in [1.54, 1.807) is 0 Å². The van der Waals surface area contributed by atoms with Gasteiger partial charge in [0, 0.05) is 56.4 Å². The first-order chi connectivity index (χ1) is 12.5. The number of amides is 2. The topological polar surface area (TPSA) is 84.9 Å². The van der Waals surface area contributed by atoms with Crippen LogP contribution in [0, 0.1) is 0 Å². The molecule has 1 saturated heterocycles. The number of hydrogen-bond donors (Lipinski definition) is 3. The number of carboxylic acids is 1. The van der Waals surface area contributed by atoms with Crippen molar-refractivity contribution in [1.82, 2.24) is 15.5 Å². The van der Waals surface area contributed by atoms with Crippen molar-refractivity contribution >= 4 is 29.3 Å². The van der Waals surface area contributed by atoms with Crippen LogP contribution in [0.2, 0.25) is 5.02 Å². The lowest BCUT2D eigenvalue weighted by Gasteiger charge is -2.36. The van der Waals surface area contributed by atoms with E-state index in [9.17, 15) is 9.59 Å². The molecule has 0 unspecified atom stereocenters. The predicted octanol–water partition coefficient (Wildman–Crippen LogP) is 2.02. The summed E-state index contributed by atoms with van der Waals surface area (Å²) in [6.45, 7) is 5.86. The Morgan fingerprint density at radius 3 is 2.42 bits per heavy atom. The van der Waals surface area contributed by atoms with Crippen molar-refractivity contribution in [1.29, 1.82) is 0 Å². The number of nitrogens with zero attached hydrogens (tertiary/aromatic N) is 2. The van der Waals surface area contributed by atoms with Crippen LogP contribution in [0.15, 0.2) is 24.3 Å². The number of carbonyl (C=O) groups excluding carboxylic acids is 1. The molecule has 0 aromatic heterocycles. The Kier molecular flexibility index (Phi) is 8.50. The molecule has 1 aliphatic heterocycles. The van der Waals surface area contributed by atoms with Gasteiger partial charge in [-0.1, -0.05) is 17.7 Å². The Labute approximate surface area is 159 Å². The largest absolute Gasteiger partial charge is 0.481 e. The van der Waals surface area contributed by atoms with E-state index in [-0.39, 0.29) is 12.5 Å². The number of aliphatic carboxylic acids is 1. The van der Waals surface area contributed by atoms with Gasteiger partial charge in [-0.15, -0.1) is 0 Å². The van der Waals surface area contributed by atoms with Crippen LogP contribution in [0.5, 0.6) is 0 Å². The number of rotatable bonds is 9. The minimum atomic E-state index is -0.845. The fourth-order valence-corrected chi connectivity index (χ4v) is 3.10. The number of anilines is 1. The van der Waals surface area contributed by atoms with Gasteiger partial charge >= 0.3 is 12.0 Å². The smallest absolute Gasteiger partial charge is 0.314 e. The third-order valence-corrected chi connectivity index (χ3v) is 4.57. The molecule has 0 saturated carbocycles. The van der Waals surface area contributed by atoms with Crippen LogP contribution < -0.4 is 15.5 Å². The Balaban J connectivity index is 1.53. The normalized spacial score (nSPS) is 14.9. The minimum Gasteiger partial charge on any atom is -0.481 e.